The van der Waals surface area contributed by atoms with Gasteiger partial charge in [0.05, 0.1) is 22.6 Å². The number of hydrogen-bond donors (Lipinski definition) is 3. The first-order valence-electron chi connectivity index (χ1n) is 14.8. The molecule has 0 heterocycles. The van der Waals surface area contributed by atoms with Gasteiger partial charge in [-0.25, -0.2) is 4.79 Å². The number of nitrogens with one attached hydrogen (secondary N) is 1. The normalized spacial score (nSPS) is 18.8. The van der Waals surface area contributed by atoms with Crippen LogP contribution in [0.25, 0.3) is 11.1 Å². The lowest BCUT2D eigenvalue weighted by atomic mass is 9.99. The molecule has 0 amide bonds. The second-order valence-electron chi connectivity index (χ2n) is 6.14. The van der Waals surface area contributed by atoms with Gasteiger partial charge in [-0.3, -0.25) is 0 Å². The molecule has 29 heavy (non-hydrogen) atoms. The minimum Gasteiger partial charge on any atom is -0.478 e. The molecule has 3 rings (SSSR count). The van der Waals surface area contributed by atoms with Crippen LogP contribution in [0.15, 0.2) is 72.6 Å². The van der Waals surface area contributed by atoms with Crippen LogP contribution in [0.1, 0.15) is 56.0 Å². The Morgan fingerprint density at radius 1 is 1.17 bits per heavy atom. The summed E-state index contributed by atoms with van der Waals surface area (Å²) in [5.41, 5.74) is -0.798. The van der Waals surface area contributed by atoms with Crippen molar-refractivity contribution in [1.82, 2.24) is 5.32 Å². The fourth-order valence-electron chi connectivity index (χ4n) is 2.53. The molecule has 0 spiro atoms. The summed E-state index contributed by atoms with van der Waals surface area (Å²) >= 11 is 0. The van der Waals surface area contributed by atoms with Crippen molar-refractivity contribution in [3.05, 3.63) is 94.9 Å². The first kappa shape index (κ1) is 10.2. The summed E-state index contributed by atoms with van der Waals surface area (Å²) in [6.45, 7) is -4.01. The molecule has 1 atom stereocenters. The Kier molecular flexibility index (Phi) is 3.52. The zero-order valence-corrected chi connectivity index (χ0v) is 15.6. The Morgan fingerprint density at radius 2 is 2.00 bits per heavy atom. The zero-order valence-electron chi connectivity index (χ0n) is 27.6. The third-order valence-electron chi connectivity index (χ3n) is 3.93. The SMILES string of the molecule is [2H]c1c([2H])c(C(=O)O)c([2H])c(-c2cccc(CCC([2H])([2H])NC([2H])([2H])[C@H](O)c3c([2H])c([2H])c([2H])c(C)c3[2H])c2)c1[2H]. The van der Waals surface area contributed by atoms with Crippen molar-refractivity contribution in [3.8, 4) is 11.1 Å². The molecular weight excluding hydrogens is 362 g/mol. The van der Waals surface area contributed by atoms with Gasteiger partial charge in [-0.05, 0) is 60.6 Å². The molecule has 3 aromatic carbocycles. The van der Waals surface area contributed by atoms with E-state index in [0.717, 1.165) is 0 Å². The van der Waals surface area contributed by atoms with E-state index < -0.39 is 84.5 Å². The van der Waals surface area contributed by atoms with Crippen LogP contribution in [-0.4, -0.2) is 29.2 Å². The molecule has 0 aromatic heterocycles. The van der Waals surface area contributed by atoms with Crippen molar-refractivity contribution in [3.63, 3.8) is 0 Å². The number of aromatic carboxylic acids is 1. The van der Waals surface area contributed by atoms with Crippen LogP contribution < -0.4 is 5.32 Å². The lowest BCUT2D eigenvalue weighted by Gasteiger charge is -2.13. The second-order valence-corrected chi connectivity index (χ2v) is 6.14. The van der Waals surface area contributed by atoms with Crippen molar-refractivity contribution in [1.29, 1.82) is 0 Å². The molecule has 0 aliphatic carbocycles. The number of hydrogen-bond acceptors (Lipinski definition) is 3. The van der Waals surface area contributed by atoms with Crippen molar-refractivity contribution in [2.45, 2.75) is 25.9 Å². The molecule has 0 aliphatic rings. The molecular formula is C25H27NO3. The number of carbonyl (C=O) groups is 1. The number of aryl methyl sites for hydroxylation is 1. The van der Waals surface area contributed by atoms with E-state index in [0.29, 0.717) is 5.56 Å². The summed E-state index contributed by atoms with van der Waals surface area (Å²) in [6.07, 6.45) is -2.58. The van der Waals surface area contributed by atoms with Gasteiger partial charge in [0, 0.05) is 12.0 Å². The van der Waals surface area contributed by atoms with Crippen molar-refractivity contribution < 1.29 is 31.5 Å². The predicted octanol–water partition coefficient (Wildman–Crippen LogP) is 4.62. The van der Waals surface area contributed by atoms with Gasteiger partial charge in [0.15, 0.2) is 0 Å². The summed E-state index contributed by atoms with van der Waals surface area (Å²) in [4.78, 5) is 11.6. The number of aliphatic hydroxyl groups excluding tert-OH is 1. The highest BCUT2D eigenvalue weighted by molar-refractivity contribution is 5.89. The summed E-state index contributed by atoms with van der Waals surface area (Å²) < 4.78 is 97.1. The summed E-state index contributed by atoms with van der Waals surface area (Å²) in [6, 6.07) is 1.37. The van der Waals surface area contributed by atoms with E-state index in [1.807, 2.05) is 0 Å². The monoisotopic (exact) mass is 401 g/mol. The molecule has 150 valence electrons. The van der Waals surface area contributed by atoms with E-state index >= 15 is 0 Å². The Morgan fingerprint density at radius 3 is 2.83 bits per heavy atom. The lowest BCUT2D eigenvalue weighted by Crippen LogP contribution is -2.22. The molecule has 3 aromatic rings. The fraction of sp³-hybridized carbons (Fsp3) is 0.240. The Balaban J connectivity index is 1.87. The molecule has 0 unspecified atom stereocenters. The maximum atomic E-state index is 11.6. The smallest absolute Gasteiger partial charge is 0.335 e. The zero-order chi connectivity index (χ0) is 31.2. The molecule has 0 radical (unpaired) electrons. The quantitative estimate of drug-likeness (QED) is 0.489. The van der Waals surface area contributed by atoms with Crippen molar-refractivity contribution >= 4 is 5.97 Å². The largest absolute Gasteiger partial charge is 0.478 e. The Labute approximate surface area is 188 Å². The van der Waals surface area contributed by atoms with Gasteiger partial charge in [0.25, 0.3) is 0 Å². The standard InChI is InChI=1S/C25H27NO3/c1-18-6-2-11-22(14-18)24(27)17-26-13-5-8-19-7-3-9-20(15-19)21-10-4-12-23(16-21)25(28)29/h2-4,6-7,9-12,14-16,24,26-27H,5,8,13,17H2,1H3,(H,28,29)/t24-/m0/s1/i2D,4D,6D,10D,11D,12D,13D2,14D,16D,17D2. The third kappa shape index (κ3) is 6.01. The van der Waals surface area contributed by atoms with Crippen molar-refractivity contribution in [2.24, 2.45) is 0 Å². The van der Waals surface area contributed by atoms with Gasteiger partial charge in [0.2, 0.25) is 0 Å². The highest BCUT2D eigenvalue weighted by Gasteiger charge is 2.07. The average molecular weight is 402 g/mol. The van der Waals surface area contributed by atoms with Gasteiger partial charge in [-0.1, -0.05) is 66.1 Å². The van der Waals surface area contributed by atoms with Crippen LogP contribution in [0.5, 0.6) is 0 Å². The molecule has 0 saturated heterocycles. The van der Waals surface area contributed by atoms with Gasteiger partial charge in [0.1, 0.15) is 0 Å². The highest BCUT2D eigenvalue weighted by Crippen LogP contribution is 2.22. The van der Waals surface area contributed by atoms with Gasteiger partial charge in [-0.15, -0.1) is 0 Å². The van der Waals surface area contributed by atoms with Crippen LogP contribution in [0, 0.1) is 6.92 Å². The van der Waals surface area contributed by atoms with E-state index in [-0.39, 0.29) is 29.5 Å². The minimum atomic E-state index is -2.89. The van der Waals surface area contributed by atoms with Gasteiger partial charge < -0.3 is 15.5 Å². The first-order chi connectivity index (χ1) is 18.8. The molecule has 4 nitrogen and oxygen atoms in total. The maximum absolute atomic E-state index is 11.6. The van der Waals surface area contributed by atoms with E-state index in [2.05, 4.69) is 5.32 Å². The number of carboxylic acid groups (broad SMARTS) is 1. The average Bonchev–Trinajstić information content (AvgIpc) is 2.88. The second kappa shape index (κ2) is 10.0. The molecule has 0 saturated carbocycles. The van der Waals surface area contributed by atoms with Crippen LogP contribution in [0.2, 0.25) is 0 Å². The Bertz CT molecular complexity index is 1500. The summed E-state index contributed by atoms with van der Waals surface area (Å²) in [5, 5.41) is 22.2. The number of benzene rings is 3. The molecule has 3 N–H and O–H groups in total. The minimum absolute atomic E-state index is 0.0202. The maximum Gasteiger partial charge on any atom is 0.335 e. The molecule has 0 bridgehead atoms. The van der Waals surface area contributed by atoms with Gasteiger partial charge >= 0.3 is 5.97 Å². The third-order valence-corrected chi connectivity index (χ3v) is 3.93. The molecule has 0 aliphatic heterocycles. The number of carboxylic acids is 1. The molecule has 0 fully saturated rings. The van der Waals surface area contributed by atoms with E-state index in [4.69, 9.17) is 16.4 Å². The van der Waals surface area contributed by atoms with Crippen LogP contribution in [0.3, 0.4) is 0 Å². The number of aliphatic hydroxyl groups is 1. The first-order valence-corrected chi connectivity index (χ1v) is 8.79. The Hall–Kier alpha value is -2.95. The highest BCUT2D eigenvalue weighted by atomic mass is 16.4. The van der Waals surface area contributed by atoms with E-state index in [1.54, 1.807) is 6.07 Å². The van der Waals surface area contributed by atoms with Crippen LogP contribution in [-0.2, 0) is 6.42 Å². The van der Waals surface area contributed by atoms with Crippen LogP contribution in [0.4, 0.5) is 0 Å². The fourth-order valence-corrected chi connectivity index (χ4v) is 2.53. The van der Waals surface area contributed by atoms with E-state index in [1.165, 1.54) is 25.1 Å². The number of rotatable bonds is 9. The topological polar surface area (TPSA) is 69.6 Å². The van der Waals surface area contributed by atoms with E-state index in [9.17, 15) is 15.0 Å². The summed E-state index contributed by atoms with van der Waals surface area (Å²) in [5.74, 6) is -1.58. The molecule has 4 heteroatoms. The van der Waals surface area contributed by atoms with Crippen molar-refractivity contribution in [2.75, 3.05) is 13.0 Å². The van der Waals surface area contributed by atoms with Crippen LogP contribution >= 0.6 is 0 Å². The summed E-state index contributed by atoms with van der Waals surface area (Å²) in [7, 11) is 0. The van der Waals surface area contributed by atoms with Gasteiger partial charge in [-0.2, -0.15) is 0 Å². The predicted molar refractivity (Wildman–Crippen MR) is 116 cm³/mol. The lowest BCUT2D eigenvalue weighted by molar-refractivity contribution is 0.0697.